The second kappa shape index (κ2) is 2.20. The van der Waals surface area contributed by atoms with E-state index < -0.39 is 15.4 Å². The molecule has 0 N–H and O–H groups in total. The predicted octanol–water partition coefficient (Wildman–Crippen LogP) is 0.210. The molecule has 10 heavy (non-hydrogen) atoms. The molecule has 0 aliphatic carbocycles. The topological polar surface area (TPSA) is 43.4 Å². The molecule has 0 bridgehead atoms. The van der Waals surface area contributed by atoms with Gasteiger partial charge >= 0.3 is 0 Å². The van der Waals surface area contributed by atoms with Crippen molar-refractivity contribution in [2.24, 2.45) is 0 Å². The number of sulfone groups is 1. The minimum atomic E-state index is -2.79. The van der Waals surface area contributed by atoms with Crippen LogP contribution in [0, 0.1) is 0 Å². The normalized spacial score (nSPS) is 38.2. The molecule has 1 atom stereocenters. The van der Waals surface area contributed by atoms with E-state index in [1.807, 2.05) is 6.92 Å². The Labute approximate surface area is 61.3 Å². The minimum Gasteiger partial charge on any atom is -0.377 e. The minimum absolute atomic E-state index is 0.177. The van der Waals surface area contributed by atoms with Crippen molar-refractivity contribution in [2.45, 2.75) is 18.9 Å². The highest BCUT2D eigenvalue weighted by Gasteiger charge is 2.38. The molecule has 0 amide bonds. The summed E-state index contributed by atoms with van der Waals surface area (Å²) in [5, 5.41) is 0. The van der Waals surface area contributed by atoms with Gasteiger partial charge in [0.2, 0.25) is 0 Å². The summed E-state index contributed by atoms with van der Waals surface area (Å²) in [5.74, 6) is 0.452. The zero-order valence-corrected chi connectivity index (χ0v) is 7.07. The van der Waals surface area contributed by atoms with Crippen molar-refractivity contribution in [2.75, 3.05) is 18.6 Å². The van der Waals surface area contributed by atoms with Crippen LogP contribution in [0.25, 0.3) is 0 Å². The first-order chi connectivity index (χ1) is 4.47. The van der Waals surface area contributed by atoms with Gasteiger partial charge in [-0.3, -0.25) is 0 Å². The zero-order chi connectivity index (χ0) is 7.83. The highest BCUT2D eigenvalue weighted by Crippen LogP contribution is 2.25. The summed E-state index contributed by atoms with van der Waals surface area (Å²) >= 11 is 0. The first-order valence-electron chi connectivity index (χ1n) is 3.23. The summed E-state index contributed by atoms with van der Waals surface area (Å²) in [6.07, 6.45) is 0.631. The molecule has 0 spiro atoms. The lowest BCUT2D eigenvalue weighted by molar-refractivity contribution is 0.0294. The largest absolute Gasteiger partial charge is 0.377 e. The average molecular weight is 164 g/mol. The number of ether oxygens (including phenoxy) is 1. The van der Waals surface area contributed by atoms with E-state index in [0.717, 1.165) is 0 Å². The molecule has 0 saturated carbocycles. The third kappa shape index (κ3) is 1.49. The Morgan fingerprint density at radius 2 is 2.10 bits per heavy atom. The van der Waals surface area contributed by atoms with Gasteiger partial charge in [0.1, 0.15) is 0 Å². The summed E-state index contributed by atoms with van der Waals surface area (Å²) in [7, 11) is -1.23. The number of methoxy groups -OCH3 is 1. The monoisotopic (exact) mass is 164 g/mol. The molecule has 4 heteroatoms. The molecule has 0 aromatic heterocycles. The van der Waals surface area contributed by atoms with Crippen LogP contribution in [-0.2, 0) is 14.6 Å². The Bertz CT molecular complexity index is 219. The highest BCUT2D eigenvalue weighted by molar-refractivity contribution is 7.91. The summed E-state index contributed by atoms with van der Waals surface area (Å²) in [6, 6.07) is 0. The molecular formula is C6H12O3S. The maximum atomic E-state index is 10.9. The van der Waals surface area contributed by atoms with Crippen molar-refractivity contribution in [1.29, 1.82) is 0 Å². The van der Waals surface area contributed by atoms with E-state index in [1.54, 1.807) is 7.11 Å². The lowest BCUT2D eigenvalue weighted by Gasteiger charge is -2.18. The van der Waals surface area contributed by atoms with Gasteiger partial charge in [-0.25, -0.2) is 8.42 Å². The molecule has 1 unspecified atom stereocenters. The van der Waals surface area contributed by atoms with Gasteiger partial charge < -0.3 is 4.74 Å². The molecule has 1 saturated heterocycles. The number of hydrogen-bond acceptors (Lipinski definition) is 3. The van der Waals surface area contributed by atoms with Crippen LogP contribution in [0.2, 0.25) is 0 Å². The highest BCUT2D eigenvalue weighted by atomic mass is 32.2. The Morgan fingerprint density at radius 1 is 1.50 bits per heavy atom. The second-order valence-corrected chi connectivity index (χ2v) is 5.18. The summed E-state index contributed by atoms with van der Waals surface area (Å²) in [4.78, 5) is 0. The van der Waals surface area contributed by atoms with Gasteiger partial charge in [-0.15, -0.1) is 0 Å². The van der Waals surface area contributed by atoms with Gasteiger partial charge in [-0.1, -0.05) is 0 Å². The molecule has 3 nitrogen and oxygen atoms in total. The standard InChI is InChI=1S/C6H12O3S/c1-6(9-2)3-4-10(7,8)5-6/h3-5H2,1-2H3. The summed E-state index contributed by atoms with van der Waals surface area (Å²) < 4.78 is 26.9. The van der Waals surface area contributed by atoms with Crippen molar-refractivity contribution in [3.05, 3.63) is 0 Å². The Hall–Kier alpha value is -0.0900. The van der Waals surface area contributed by atoms with Gasteiger partial charge in [0, 0.05) is 7.11 Å². The van der Waals surface area contributed by atoms with E-state index in [4.69, 9.17) is 4.74 Å². The first-order valence-corrected chi connectivity index (χ1v) is 5.05. The van der Waals surface area contributed by atoms with Crippen LogP contribution in [0.4, 0.5) is 0 Å². The van der Waals surface area contributed by atoms with Crippen LogP contribution in [0.15, 0.2) is 0 Å². The van der Waals surface area contributed by atoms with E-state index in [2.05, 4.69) is 0 Å². The second-order valence-electron chi connectivity index (χ2n) is 3.00. The molecule has 0 radical (unpaired) electrons. The molecule has 1 aliphatic rings. The van der Waals surface area contributed by atoms with E-state index in [9.17, 15) is 8.42 Å². The van der Waals surface area contributed by atoms with Gasteiger partial charge in [-0.05, 0) is 13.3 Å². The molecule has 1 rings (SSSR count). The van der Waals surface area contributed by atoms with Crippen LogP contribution in [0.5, 0.6) is 0 Å². The van der Waals surface area contributed by atoms with Crippen LogP contribution in [0.1, 0.15) is 13.3 Å². The Kier molecular flexibility index (Phi) is 1.76. The van der Waals surface area contributed by atoms with Crippen molar-refractivity contribution in [3.63, 3.8) is 0 Å². The number of hydrogen-bond donors (Lipinski definition) is 0. The fraction of sp³-hybridized carbons (Fsp3) is 1.00. The van der Waals surface area contributed by atoms with Crippen LogP contribution in [-0.4, -0.2) is 32.6 Å². The molecule has 1 fully saturated rings. The average Bonchev–Trinajstić information content (AvgIpc) is 2.08. The van der Waals surface area contributed by atoms with E-state index in [1.165, 1.54) is 0 Å². The number of rotatable bonds is 1. The quantitative estimate of drug-likeness (QED) is 0.556. The third-order valence-electron chi connectivity index (χ3n) is 1.96. The third-order valence-corrected chi connectivity index (χ3v) is 3.84. The SMILES string of the molecule is COC1(C)CCS(=O)(=O)C1. The van der Waals surface area contributed by atoms with Gasteiger partial charge in [0.15, 0.2) is 9.84 Å². The van der Waals surface area contributed by atoms with Crippen LogP contribution >= 0.6 is 0 Å². The lowest BCUT2D eigenvalue weighted by Crippen LogP contribution is -2.28. The van der Waals surface area contributed by atoms with E-state index in [0.29, 0.717) is 6.42 Å². The first kappa shape index (κ1) is 8.01. The van der Waals surface area contributed by atoms with Gasteiger partial charge in [0.05, 0.1) is 17.1 Å². The lowest BCUT2D eigenvalue weighted by atomic mass is 10.1. The van der Waals surface area contributed by atoms with Crippen LogP contribution in [0.3, 0.4) is 0 Å². The van der Waals surface area contributed by atoms with E-state index in [-0.39, 0.29) is 11.5 Å². The van der Waals surface area contributed by atoms with E-state index >= 15 is 0 Å². The predicted molar refractivity (Wildman–Crippen MR) is 38.7 cm³/mol. The van der Waals surface area contributed by atoms with Gasteiger partial charge in [0.25, 0.3) is 0 Å². The Morgan fingerprint density at radius 3 is 2.30 bits per heavy atom. The van der Waals surface area contributed by atoms with Gasteiger partial charge in [-0.2, -0.15) is 0 Å². The molecular weight excluding hydrogens is 152 g/mol. The summed E-state index contributed by atoms with van der Waals surface area (Å²) in [5.41, 5.74) is -0.418. The Balaban J connectivity index is 2.76. The molecule has 1 heterocycles. The maximum absolute atomic E-state index is 10.9. The fourth-order valence-corrected chi connectivity index (χ4v) is 3.22. The summed E-state index contributed by atoms with van der Waals surface area (Å²) in [6.45, 7) is 1.83. The molecule has 0 aromatic carbocycles. The van der Waals surface area contributed by atoms with Crippen LogP contribution < -0.4 is 0 Å². The van der Waals surface area contributed by atoms with Crippen molar-refractivity contribution >= 4 is 9.84 Å². The maximum Gasteiger partial charge on any atom is 0.153 e. The molecule has 60 valence electrons. The van der Waals surface area contributed by atoms with Crippen molar-refractivity contribution in [3.8, 4) is 0 Å². The molecule has 1 aliphatic heterocycles. The fourth-order valence-electron chi connectivity index (χ4n) is 1.14. The van der Waals surface area contributed by atoms with Crippen molar-refractivity contribution in [1.82, 2.24) is 0 Å². The molecule has 0 aromatic rings. The smallest absolute Gasteiger partial charge is 0.153 e. The van der Waals surface area contributed by atoms with Crippen molar-refractivity contribution < 1.29 is 13.2 Å². The zero-order valence-electron chi connectivity index (χ0n) is 6.25.